The van der Waals surface area contributed by atoms with Crippen LogP contribution in [0.25, 0.3) is 0 Å². The first-order chi connectivity index (χ1) is 8.67. The van der Waals surface area contributed by atoms with E-state index in [9.17, 15) is 4.79 Å². The number of hydrogen-bond acceptors (Lipinski definition) is 3. The average Bonchev–Trinajstić information content (AvgIpc) is 2.39. The molecule has 0 aliphatic heterocycles. The predicted octanol–water partition coefficient (Wildman–Crippen LogP) is 2.20. The Hall–Kier alpha value is -1.71. The fraction of sp³-hybridized carbons (Fsp3) is 0.500. The Labute approximate surface area is 109 Å². The number of nitrogen functional groups attached to an aromatic ring is 1. The molecule has 100 valence electrons. The van der Waals surface area contributed by atoms with Gasteiger partial charge in [-0.1, -0.05) is 38.8 Å². The number of carbonyl (C=O) groups is 1. The predicted molar refractivity (Wildman–Crippen MR) is 73.4 cm³/mol. The number of amides is 1. The van der Waals surface area contributed by atoms with E-state index in [4.69, 9.17) is 10.5 Å². The van der Waals surface area contributed by atoms with Crippen LogP contribution >= 0.6 is 0 Å². The van der Waals surface area contributed by atoms with E-state index in [0.717, 1.165) is 12.8 Å². The van der Waals surface area contributed by atoms with Crippen LogP contribution in [0.15, 0.2) is 24.3 Å². The summed E-state index contributed by atoms with van der Waals surface area (Å²) in [4.78, 5) is 11.6. The fourth-order valence-electron chi connectivity index (χ4n) is 1.64. The van der Waals surface area contributed by atoms with Gasteiger partial charge in [0.25, 0.3) is 5.91 Å². The molecule has 0 fully saturated rings. The van der Waals surface area contributed by atoms with E-state index in [2.05, 4.69) is 19.2 Å². The fourth-order valence-corrected chi connectivity index (χ4v) is 1.64. The van der Waals surface area contributed by atoms with Crippen LogP contribution in [0.2, 0.25) is 0 Å². The Bertz CT molecular complexity index is 376. The van der Waals surface area contributed by atoms with Gasteiger partial charge in [0.1, 0.15) is 5.75 Å². The summed E-state index contributed by atoms with van der Waals surface area (Å²) >= 11 is 0. The molecule has 0 saturated heterocycles. The van der Waals surface area contributed by atoms with Crippen molar-refractivity contribution in [3.8, 4) is 5.75 Å². The largest absolute Gasteiger partial charge is 0.482 e. The van der Waals surface area contributed by atoms with Crippen LogP contribution in [0.5, 0.6) is 5.75 Å². The Balaban J connectivity index is 2.31. The Morgan fingerprint density at radius 3 is 2.61 bits per heavy atom. The van der Waals surface area contributed by atoms with Crippen molar-refractivity contribution in [1.29, 1.82) is 0 Å². The second-order valence-corrected chi connectivity index (χ2v) is 4.31. The zero-order valence-electron chi connectivity index (χ0n) is 11.1. The van der Waals surface area contributed by atoms with Gasteiger partial charge in [0.2, 0.25) is 0 Å². The van der Waals surface area contributed by atoms with Crippen molar-refractivity contribution < 1.29 is 9.53 Å². The minimum atomic E-state index is -0.106. The number of nitrogens with one attached hydrogen (secondary N) is 1. The van der Waals surface area contributed by atoms with E-state index < -0.39 is 0 Å². The molecule has 3 N–H and O–H groups in total. The van der Waals surface area contributed by atoms with Gasteiger partial charge in [-0.15, -0.1) is 0 Å². The molecule has 0 spiro atoms. The molecule has 1 rings (SSSR count). The van der Waals surface area contributed by atoms with Gasteiger partial charge >= 0.3 is 0 Å². The van der Waals surface area contributed by atoms with E-state index in [1.54, 1.807) is 12.1 Å². The molecule has 1 aromatic carbocycles. The van der Waals surface area contributed by atoms with Crippen LogP contribution < -0.4 is 15.8 Å². The van der Waals surface area contributed by atoms with Crippen LogP contribution in [0.4, 0.5) is 5.69 Å². The van der Waals surface area contributed by atoms with Crippen molar-refractivity contribution in [2.24, 2.45) is 5.92 Å². The van der Waals surface area contributed by atoms with Gasteiger partial charge in [0.15, 0.2) is 6.61 Å². The molecule has 4 heteroatoms. The van der Waals surface area contributed by atoms with E-state index in [-0.39, 0.29) is 12.5 Å². The minimum absolute atomic E-state index is 0.00830. The van der Waals surface area contributed by atoms with Crippen LogP contribution in [0, 0.1) is 5.92 Å². The number of nitrogens with two attached hydrogens (primary N) is 1. The standard InChI is InChI=1S/C14H22N2O2/c1-3-11(4-2)9-16-14(17)10-18-13-8-6-5-7-12(13)15/h5-8,11H,3-4,9-10,15H2,1-2H3,(H,16,17). The van der Waals surface area contributed by atoms with Crippen LogP contribution in [0.1, 0.15) is 26.7 Å². The van der Waals surface area contributed by atoms with Gasteiger partial charge in [0, 0.05) is 6.54 Å². The first kappa shape index (κ1) is 14.4. The topological polar surface area (TPSA) is 64.3 Å². The minimum Gasteiger partial charge on any atom is -0.482 e. The molecule has 0 saturated carbocycles. The molecule has 0 unspecified atom stereocenters. The number of anilines is 1. The quantitative estimate of drug-likeness (QED) is 0.729. The lowest BCUT2D eigenvalue weighted by atomic mass is 10.0. The van der Waals surface area contributed by atoms with Gasteiger partial charge < -0.3 is 15.8 Å². The summed E-state index contributed by atoms with van der Waals surface area (Å²) in [5.74, 6) is 0.982. The summed E-state index contributed by atoms with van der Waals surface area (Å²) < 4.78 is 5.36. The molecule has 1 aromatic rings. The second-order valence-electron chi connectivity index (χ2n) is 4.31. The third-order valence-electron chi connectivity index (χ3n) is 3.02. The van der Waals surface area contributed by atoms with E-state index in [1.807, 2.05) is 12.1 Å². The molecule has 0 atom stereocenters. The molecule has 0 aliphatic rings. The van der Waals surface area contributed by atoms with Crippen molar-refractivity contribution in [1.82, 2.24) is 5.32 Å². The maximum atomic E-state index is 11.6. The van der Waals surface area contributed by atoms with E-state index in [0.29, 0.717) is 23.9 Å². The Morgan fingerprint density at radius 2 is 2.00 bits per heavy atom. The third-order valence-corrected chi connectivity index (χ3v) is 3.02. The third kappa shape index (κ3) is 4.65. The molecule has 0 heterocycles. The van der Waals surface area contributed by atoms with Crippen molar-refractivity contribution in [2.75, 3.05) is 18.9 Å². The highest BCUT2D eigenvalue weighted by molar-refractivity contribution is 5.77. The number of hydrogen-bond donors (Lipinski definition) is 2. The van der Waals surface area contributed by atoms with Crippen molar-refractivity contribution in [3.05, 3.63) is 24.3 Å². The van der Waals surface area contributed by atoms with Crippen molar-refractivity contribution in [2.45, 2.75) is 26.7 Å². The Kier molecular flexibility index (Phi) is 6.05. The molecular weight excluding hydrogens is 228 g/mol. The summed E-state index contributed by atoms with van der Waals surface area (Å²) in [6, 6.07) is 7.16. The van der Waals surface area contributed by atoms with Crippen LogP contribution in [-0.4, -0.2) is 19.1 Å². The van der Waals surface area contributed by atoms with Crippen LogP contribution in [0.3, 0.4) is 0 Å². The zero-order valence-corrected chi connectivity index (χ0v) is 11.1. The zero-order chi connectivity index (χ0) is 13.4. The number of para-hydroxylation sites is 2. The van der Waals surface area contributed by atoms with Gasteiger partial charge in [-0.25, -0.2) is 0 Å². The summed E-state index contributed by atoms with van der Waals surface area (Å²) in [6.45, 7) is 4.97. The van der Waals surface area contributed by atoms with E-state index >= 15 is 0 Å². The number of rotatable bonds is 7. The smallest absolute Gasteiger partial charge is 0.257 e. The first-order valence-corrected chi connectivity index (χ1v) is 6.41. The second kappa shape index (κ2) is 7.58. The molecular formula is C14H22N2O2. The van der Waals surface area contributed by atoms with Crippen molar-refractivity contribution >= 4 is 11.6 Å². The van der Waals surface area contributed by atoms with Gasteiger partial charge in [-0.05, 0) is 18.1 Å². The summed E-state index contributed by atoms with van der Waals surface area (Å²) in [5.41, 5.74) is 6.26. The SMILES string of the molecule is CCC(CC)CNC(=O)COc1ccccc1N. The van der Waals surface area contributed by atoms with Crippen molar-refractivity contribution in [3.63, 3.8) is 0 Å². The van der Waals surface area contributed by atoms with E-state index in [1.165, 1.54) is 0 Å². The normalized spacial score (nSPS) is 10.4. The number of benzene rings is 1. The molecule has 0 aliphatic carbocycles. The van der Waals surface area contributed by atoms with Gasteiger partial charge in [-0.3, -0.25) is 4.79 Å². The van der Waals surface area contributed by atoms with Gasteiger partial charge in [0.05, 0.1) is 5.69 Å². The molecule has 0 bridgehead atoms. The molecule has 18 heavy (non-hydrogen) atoms. The number of ether oxygens (including phenoxy) is 1. The molecule has 0 radical (unpaired) electrons. The summed E-state index contributed by atoms with van der Waals surface area (Å²) in [5, 5.41) is 2.87. The highest BCUT2D eigenvalue weighted by Crippen LogP contribution is 2.19. The summed E-state index contributed by atoms with van der Waals surface area (Å²) in [6.07, 6.45) is 2.15. The average molecular weight is 250 g/mol. The molecule has 1 amide bonds. The lowest BCUT2D eigenvalue weighted by Crippen LogP contribution is -2.32. The monoisotopic (exact) mass is 250 g/mol. The maximum Gasteiger partial charge on any atom is 0.257 e. The Morgan fingerprint density at radius 1 is 1.33 bits per heavy atom. The molecule has 0 aromatic heterocycles. The summed E-state index contributed by atoms with van der Waals surface area (Å²) in [7, 11) is 0. The maximum absolute atomic E-state index is 11.6. The number of carbonyl (C=O) groups excluding carboxylic acids is 1. The lowest BCUT2D eigenvalue weighted by molar-refractivity contribution is -0.123. The lowest BCUT2D eigenvalue weighted by Gasteiger charge is -2.14. The highest BCUT2D eigenvalue weighted by atomic mass is 16.5. The molecule has 4 nitrogen and oxygen atoms in total. The highest BCUT2D eigenvalue weighted by Gasteiger charge is 2.07. The van der Waals surface area contributed by atoms with Crippen LogP contribution in [-0.2, 0) is 4.79 Å². The van der Waals surface area contributed by atoms with Gasteiger partial charge in [-0.2, -0.15) is 0 Å². The first-order valence-electron chi connectivity index (χ1n) is 6.41.